The van der Waals surface area contributed by atoms with Crippen LogP contribution >= 0.6 is 11.3 Å². The Labute approximate surface area is 255 Å². The number of carboxylic acids is 1. The minimum Gasteiger partial charge on any atom is -0.489 e. The number of thiazole rings is 1. The van der Waals surface area contributed by atoms with E-state index >= 15 is 0 Å². The van der Waals surface area contributed by atoms with E-state index in [1.165, 1.54) is 19.2 Å². The molecule has 2 aliphatic heterocycles. The number of likely N-dealkylation sites (tertiary alicyclic amines) is 1. The molecule has 0 unspecified atom stereocenters. The van der Waals surface area contributed by atoms with Crippen LogP contribution in [0.5, 0.6) is 5.75 Å². The van der Waals surface area contributed by atoms with Crippen LogP contribution in [0.2, 0.25) is 0 Å². The number of aromatic nitrogens is 1. The van der Waals surface area contributed by atoms with Gasteiger partial charge in [0.05, 0.1) is 11.6 Å². The number of nitrogen functional groups attached to an aromatic ring is 1. The van der Waals surface area contributed by atoms with Crippen molar-refractivity contribution in [1.29, 1.82) is 0 Å². The topological polar surface area (TPSA) is 262 Å². The minimum atomic E-state index is -5.01. The first-order valence-corrected chi connectivity index (χ1v) is 15.0. The highest BCUT2D eigenvalue weighted by atomic mass is 32.3. The number of aliphatic carboxylic acids is 1. The molecule has 18 nitrogen and oxygen atoms in total. The summed E-state index contributed by atoms with van der Waals surface area (Å²) < 4.78 is 40.9. The van der Waals surface area contributed by atoms with Gasteiger partial charge in [0.15, 0.2) is 10.8 Å². The second kappa shape index (κ2) is 12.7. The van der Waals surface area contributed by atoms with E-state index in [0.717, 1.165) is 24.4 Å². The Morgan fingerprint density at radius 3 is 2.45 bits per heavy atom. The summed E-state index contributed by atoms with van der Waals surface area (Å²) in [5, 5.41) is 17.5. The van der Waals surface area contributed by atoms with Crippen molar-refractivity contribution in [3.05, 3.63) is 40.9 Å². The normalized spacial score (nSPS) is 20.0. The molecular weight excluding hydrogens is 624 g/mol. The standard InChI is InChI=1S/C24H30N8O10S2/c1-24(2)18(21(34)32(24)42-44(37,38)39)29-20(33)17(15-11-43-23(26)28-15)30-41-16(22(35)36)10-40-14-6-4-12(5-7-14)19(25)27-13-8-31(3)9-13/h4-7,11,13,16,18H,8-10H2,1-3H3,(H2,25,27)(H2,26,28)(H,29,33)(H,35,36)(H,37,38,39)/b30-17-/t16-,18+/m0/s1. The van der Waals surface area contributed by atoms with Gasteiger partial charge in [-0.25, -0.2) is 9.78 Å². The van der Waals surface area contributed by atoms with E-state index in [1.54, 1.807) is 24.3 Å². The Hall–Kier alpha value is -4.37. The molecule has 0 saturated carbocycles. The van der Waals surface area contributed by atoms with Crippen molar-refractivity contribution in [2.75, 3.05) is 32.5 Å². The number of amides is 2. The van der Waals surface area contributed by atoms with Crippen molar-refractivity contribution < 1.29 is 46.3 Å². The number of nitrogens with zero attached hydrogens (tertiary/aromatic N) is 5. The van der Waals surface area contributed by atoms with Crippen molar-refractivity contribution in [3.8, 4) is 5.75 Å². The highest BCUT2D eigenvalue weighted by Crippen LogP contribution is 2.33. The van der Waals surface area contributed by atoms with Gasteiger partial charge < -0.3 is 36.4 Å². The van der Waals surface area contributed by atoms with Gasteiger partial charge in [-0.3, -0.25) is 19.1 Å². The Balaban J connectivity index is 1.43. The number of anilines is 1. The number of β-lactam (4-membered cyclic amide) rings is 1. The number of hydrogen-bond donors (Lipinski definition) is 5. The molecule has 0 bridgehead atoms. The molecule has 1 aromatic carbocycles. The lowest BCUT2D eigenvalue weighted by Crippen LogP contribution is -2.76. The zero-order valence-electron chi connectivity index (χ0n) is 23.6. The number of hydrogen-bond acceptors (Lipinski definition) is 14. The van der Waals surface area contributed by atoms with Crippen molar-refractivity contribution in [2.24, 2.45) is 15.9 Å². The molecule has 2 aliphatic rings. The van der Waals surface area contributed by atoms with E-state index in [1.807, 2.05) is 7.05 Å². The number of carbonyl (C=O) groups is 3. The number of carbonyl (C=O) groups excluding carboxylic acids is 2. The molecule has 1 aromatic heterocycles. The average molecular weight is 655 g/mol. The fourth-order valence-corrected chi connectivity index (χ4v) is 5.20. The van der Waals surface area contributed by atoms with Gasteiger partial charge in [0.2, 0.25) is 0 Å². The summed E-state index contributed by atoms with van der Waals surface area (Å²) in [4.78, 5) is 53.2. The van der Waals surface area contributed by atoms with Crippen LogP contribution < -0.4 is 21.5 Å². The van der Waals surface area contributed by atoms with E-state index in [0.29, 0.717) is 22.2 Å². The zero-order chi connectivity index (χ0) is 32.4. The predicted molar refractivity (Wildman–Crippen MR) is 155 cm³/mol. The van der Waals surface area contributed by atoms with Crippen molar-refractivity contribution in [2.45, 2.75) is 37.6 Å². The number of nitrogens with two attached hydrogens (primary N) is 2. The summed E-state index contributed by atoms with van der Waals surface area (Å²) in [6, 6.07) is 5.31. The molecule has 2 fully saturated rings. The number of hydroxylamine groups is 2. The Kier molecular flexibility index (Phi) is 9.39. The molecule has 2 atom stereocenters. The third kappa shape index (κ3) is 7.58. The van der Waals surface area contributed by atoms with Crippen LogP contribution in [0, 0.1) is 0 Å². The fraction of sp³-hybridized carbons (Fsp3) is 0.417. The molecular formula is C24H30N8O10S2. The van der Waals surface area contributed by atoms with E-state index in [4.69, 9.17) is 25.6 Å². The van der Waals surface area contributed by atoms with Crippen LogP contribution in [0.3, 0.4) is 0 Å². The molecule has 44 heavy (non-hydrogen) atoms. The number of likely N-dealkylation sites (N-methyl/N-ethyl adjacent to an activating group) is 1. The van der Waals surface area contributed by atoms with Crippen LogP contribution in [0.15, 0.2) is 39.8 Å². The molecule has 20 heteroatoms. The van der Waals surface area contributed by atoms with Gasteiger partial charge in [-0.15, -0.1) is 15.6 Å². The lowest BCUT2D eigenvalue weighted by atomic mass is 9.84. The maximum absolute atomic E-state index is 13.2. The third-order valence-corrected chi connectivity index (χ3v) is 7.58. The second-order valence-electron chi connectivity index (χ2n) is 10.4. The molecule has 2 aromatic rings. The Morgan fingerprint density at radius 2 is 1.93 bits per heavy atom. The van der Waals surface area contributed by atoms with Gasteiger partial charge in [0.1, 0.15) is 29.9 Å². The predicted octanol–water partition coefficient (Wildman–Crippen LogP) is -1.16. The SMILES string of the molecule is CN1CC(N=C(N)c2ccc(OC[C@H](O/N=C(\C(=O)N[C@@H]3C(=O)N(OS(=O)(=O)O)C3(C)C)c3csc(N)n3)C(=O)O)cc2)C1. The number of rotatable bonds is 13. The second-order valence-corrected chi connectivity index (χ2v) is 12.3. The first-order valence-electron chi connectivity index (χ1n) is 12.8. The Morgan fingerprint density at radius 1 is 1.27 bits per heavy atom. The van der Waals surface area contributed by atoms with E-state index in [9.17, 15) is 27.9 Å². The summed E-state index contributed by atoms with van der Waals surface area (Å²) in [6.45, 7) is 3.85. The van der Waals surface area contributed by atoms with Crippen LogP contribution in [0.1, 0.15) is 25.1 Å². The molecule has 3 heterocycles. The molecule has 7 N–H and O–H groups in total. The van der Waals surface area contributed by atoms with Gasteiger partial charge >= 0.3 is 16.4 Å². The van der Waals surface area contributed by atoms with E-state index in [-0.39, 0.29) is 16.9 Å². The number of aliphatic imine (C=N–C) groups is 1. The number of ether oxygens (including phenoxy) is 1. The molecule has 0 radical (unpaired) electrons. The summed E-state index contributed by atoms with van der Waals surface area (Å²) in [5.74, 6) is -2.81. The van der Waals surface area contributed by atoms with Gasteiger partial charge in [-0.05, 0) is 45.2 Å². The first kappa shape index (κ1) is 32.5. The molecule has 2 amide bonds. The largest absolute Gasteiger partial charge is 0.489 e. The molecule has 238 valence electrons. The first-order chi connectivity index (χ1) is 20.5. The van der Waals surface area contributed by atoms with Crippen LogP contribution in [0.25, 0.3) is 0 Å². The lowest BCUT2D eigenvalue weighted by Gasteiger charge is -2.50. The van der Waals surface area contributed by atoms with Gasteiger partial charge in [0.25, 0.3) is 17.9 Å². The van der Waals surface area contributed by atoms with E-state index in [2.05, 4.69) is 29.6 Å². The van der Waals surface area contributed by atoms with Crippen molar-refractivity contribution in [1.82, 2.24) is 20.3 Å². The quantitative estimate of drug-likeness (QED) is 0.0561. The highest BCUT2D eigenvalue weighted by molar-refractivity contribution is 7.80. The van der Waals surface area contributed by atoms with E-state index < -0.39 is 58.2 Å². The molecule has 4 rings (SSSR count). The molecule has 0 spiro atoms. The molecule has 0 aliphatic carbocycles. The summed E-state index contributed by atoms with van der Waals surface area (Å²) in [6.07, 6.45) is -1.68. The smallest absolute Gasteiger partial charge is 0.418 e. The van der Waals surface area contributed by atoms with Crippen LogP contribution in [0.4, 0.5) is 5.13 Å². The number of carboxylic acid groups (broad SMARTS) is 1. The van der Waals surface area contributed by atoms with Gasteiger partial charge in [-0.2, -0.15) is 13.5 Å². The summed E-state index contributed by atoms with van der Waals surface area (Å²) in [5.41, 5.74) is 10.4. The van der Waals surface area contributed by atoms with Crippen LogP contribution in [-0.4, -0.2) is 113 Å². The number of amidine groups is 1. The summed E-state index contributed by atoms with van der Waals surface area (Å²) in [7, 11) is -3.03. The monoisotopic (exact) mass is 654 g/mol. The lowest BCUT2D eigenvalue weighted by molar-refractivity contribution is -0.218. The van der Waals surface area contributed by atoms with Crippen molar-refractivity contribution >= 4 is 56.2 Å². The Bertz CT molecular complexity index is 1590. The van der Waals surface area contributed by atoms with Gasteiger partial charge in [-0.1, -0.05) is 5.16 Å². The summed E-state index contributed by atoms with van der Waals surface area (Å²) >= 11 is 0.955. The highest BCUT2D eigenvalue weighted by Gasteiger charge is 2.58. The van der Waals surface area contributed by atoms with Crippen LogP contribution in [-0.2, 0) is 33.9 Å². The number of oxime groups is 1. The number of benzene rings is 1. The number of nitrogens with one attached hydrogen (secondary N) is 1. The zero-order valence-corrected chi connectivity index (χ0v) is 25.2. The third-order valence-electron chi connectivity index (χ3n) is 6.57. The van der Waals surface area contributed by atoms with Crippen molar-refractivity contribution in [3.63, 3.8) is 0 Å². The maximum atomic E-state index is 13.2. The van der Waals surface area contributed by atoms with Gasteiger partial charge in [0, 0.05) is 24.0 Å². The minimum absolute atomic E-state index is 0.0561. The molecule has 2 saturated heterocycles. The maximum Gasteiger partial charge on any atom is 0.418 e. The fourth-order valence-electron chi connectivity index (χ4n) is 4.20. The average Bonchev–Trinajstić information content (AvgIpc) is 3.36.